The molecule has 212 valence electrons. The topological polar surface area (TPSA) is 78.2 Å². The quantitative estimate of drug-likeness (QED) is 0.0881. The summed E-state index contributed by atoms with van der Waals surface area (Å²) >= 11 is 0. The third-order valence-corrected chi connectivity index (χ3v) is 10.2. The second-order valence-corrected chi connectivity index (χ2v) is 23.9. The Morgan fingerprint density at radius 3 is 2.21 bits per heavy atom. The first-order valence-corrected chi connectivity index (χ1v) is 21.5. The SMILES string of the molecule is CCOC(=O)C=C1CCC(c2cc(N(COCC[Si](C)(C)C)COCC[Si](C)(C)C)n3nccc3n2)CC1. The summed E-state index contributed by atoms with van der Waals surface area (Å²) in [6, 6.07) is 6.37. The molecule has 1 fully saturated rings. The summed E-state index contributed by atoms with van der Waals surface area (Å²) in [7, 11) is -2.35. The number of fused-ring (bicyclic) bond motifs is 1. The lowest BCUT2D eigenvalue weighted by molar-refractivity contribution is -0.137. The Morgan fingerprint density at radius 2 is 1.66 bits per heavy atom. The fourth-order valence-corrected chi connectivity index (χ4v) is 5.92. The van der Waals surface area contributed by atoms with Crippen molar-refractivity contribution < 1.29 is 19.0 Å². The third-order valence-electron chi connectivity index (χ3n) is 6.83. The van der Waals surface area contributed by atoms with Gasteiger partial charge in [-0.05, 0) is 44.7 Å². The fourth-order valence-electron chi connectivity index (χ4n) is 4.40. The van der Waals surface area contributed by atoms with E-state index in [1.54, 1.807) is 12.3 Å². The molecule has 0 aromatic carbocycles. The number of anilines is 1. The second-order valence-electron chi connectivity index (χ2n) is 12.7. The number of rotatable bonds is 14. The van der Waals surface area contributed by atoms with Crippen LogP contribution in [0.4, 0.5) is 5.82 Å². The minimum Gasteiger partial charge on any atom is -0.463 e. The number of hydrogen-bond acceptors (Lipinski definition) is 7. The average molecular weight is 561 g/mol. The molecule has 10 heteroatoms. The van der Waals surface area contributed by atoms with E-state index in [0.29, 0.717) is 26.0 Å². The summed E-state index contributed by atoms with van der Waals surface area (Å²) in [6.07, 6.45) is 7.16. The van der Waals surface area contributed by atoms with Gasteiger partial charge in [-0.1, -0.05) is 44.9 Å². The van der Waals surface area contributed by atoms with Gasteiger partial charge in [-0.2, -0.15) is 9.61 Å². The largest absolute Gasteiger partial charge is 0.463 e. The molecule has 0 amide bonds. The molecule has 0 radical (unpaired) electrons. The molecule has 0 N–H and O–H groups in total. The summed E-state index contributed by atoms with van der Waals surface area (Å²) in [6.45, 7) is 18.9. The van der Waals surface area contributed by atoms with Crippen LogP contribution in [-0.2, 0) is 19.0 Å². The van der Waals surface area contributed by atoms with Crippen molar-refractivity contribution in [1.29, 1.82) is 0 Å². The van der Waals surface area contributed by atoms with Crippen molar-refractivity contribution in [3.63, 3.8) is 0 Å². The predicted octanol–water partition coefficient (Wildman–Crippen LogP) is 6.31. The van der Waals surface area contributed by atoms with Crippen LogP contribution in [0.2, 0.25) is 51.4 Å². The van der Waals surface area contributed by atoms with Crippen LogP contribution >= 0.6 is 0 Å². The number of nitrogens with zero attached hydrogens (tertiary/aromatic N) is 4. The second kappa shape index (κ2) is 13.9. The molecule has 0 unspecified atom stereocenters. The van der Waals surface area contributed by atoms with Gasteiger partial charge in [-0.3, -0.25) is 0 Å². The van der Waals surface area contributed by atoms with Crippen LogP contribution in [-0.4, -0.2) is 70.0 Å². The molecule has 0 spiro atoms. The molecule has 1 saturated carbocycles. The standard InChI is InChI=1S/C28H48N4O4Si2/c1-8-36-28(33)19-23-9-11-24(12-10-23)25-20-27(32-26(30-25)13-14-29-32)31(21-34-15-17-37(2,3)4)22-35-16-18-38(5,6)7/h13-14,19-20,24H,8-12,15-18,21-22H2,1-7H3. The van der Waals surface area contributed by atoms with E-state index in [9.17, 15) is 4.79 Å². The van der Waals surface area contributed by atoms with Crippen LogP contribution in [0.3, 0.4) is 0 Å². The Kier molecular flexibility index (Phi) is 11.1. The molecule has 0 bridgehead atoms. The van der Waals surface area contributed by atoms with Gasteiger partial charge in [0.05, 0.1) is 12.8 Å². The van der Waals surface area contributed by atoms with Gasteiger partial charge in [0, 0.05) is 59.2 Å². The van der Waals surface area contributed by atoms with Gasteiger partial charge in [-0.25, -0.2) is 9.78 Å². The van der Waals surface area contributed by atoms with Crippen molar-refractivity contribution in [1.82, 2.24) is 14.6 Å². The minimum absolute atomic E-state index is 0.235. The lowest BCUT2D eigenvalue weighted by Gasteiger charge is -2.28. The van der Waals surface area contributed by atoms with E-state index in [2.05, 4.69) is 55.3 Å². The average Bonchev–Trinajstić information content (AvgIpc) is 3.31. The summed E-state index contributed by atoms with van der Waals surface area (Å²) in [5.74, 6) is 1.04. The van der Waals surface area contributed by atoms with Gasteiger partial charge >= 0.3 is 5.97 Å². The van der Waals surface area contributed by atoms with E-state index in [1.165, 1.54) is 5.57 Å². The number of allylic oxidation sites excluding steroid dienone is 1. The van der Waals surface area contributed by atoms with Crippen molar-refractivity contribution >= 4 is 33.6 Å². The zero-order valence-electron chi connectivity index (χ0n) is 24.6. The van der Waals surface area contributed by atoms with Crippen LogP contribution in [0.15, 0.2) is 30.0 Å². The molecule has 0 aliphatic heterocycles. The van der Waals surface area contributed by atoms with Gasteiger partial charge in [0.1, 0.15) is 19.3 Å². The van der Waals surface area contributed by atoms with Crippen molar-refractivity contribution in [2.75, 3.05) is 38.2 Å². The highest BCUT2D eigenvalue weighted by Gasteiger charge is 2.24. The number of esters is 1. The van der Waals surface area contributed by atoms with Crippen molar-refractivity contribution in [2.45, 2.75) is 89.9 Å². The maximum Gasteiger partial charge on any atom is 0.330 e. The molecule has 1 aliphatic rings. The summed E-state index contributed by atoms with van der Waals surface area (Å²) in [4.78, 5) is 19.0. The molecule has 3 rings (SSSR count). The van der Waals surface area contributed by atoms with Gasteiger partial charge in [0.15, 0.2) is 5.65 Å². The van der Waals surface area contributed by atoms with E-state index in [1.807, 2.05) is 17.5 Å². The van der Waals surface area contributed by atoms with Crippen molar-refractivity contribution in [3.8, 4) is 0 Å². The van der Waals surface area contributed by atoms with Gasteiger partial charge < -0.3 is 19.1 Å². The Hall–Kier alpha value is -2.02. The number of aromatic nitrogens is 3. The first kappa shape index (κ1) is 30.5. The first-order chi connectivity index (χ1) is 17.9. The molecule has 0 atom stereocenters. The molecule has 2 aromatic heterocycles. The van der Waals surface area contributed by atoms with E-state index in [-0.39, 0.29) is 5.97 Å². The Morgan fingerprint density at radius 1 is 1.05 bits per heavy atom. The zero-order valence-corrected chi connectivity index (χ0v) is 26.6. The van der Waals surface area contributed by atoms with Crippen LogP contribution < -0.4 is 4.90 Å². The van der Waals surface area contributed by atoms with E-state index < -0.39 is 16.1 Å². The molecule has 2 heterocycles. The first-order valence-electron chi connectivity index (χ1n) is 14.1. The molecule has 1 aliphatic carbocycles. The Labute approximate surface area is 230 Å². The third kappa shape index (κ3) is 9.94. The van der Waals surface area contributed by atoms with E-state index in [0.717, 1.165) is 68.1 Å². The highest BCUT2D eigenvalue weighted by Crippen LogP contribution is 2.36. The summed E-state index contributed by atoms with van der Waals surface area (Å²) < 4.78 is 19.3. The van der Waals surface area contributed by atoms with Crippen molar-refractivity contribution in [2.24, 2.45) is 0 Å². The lowest BCUT2D eigenvalue weighted by atomic mass is 9.83. The van der Waals surface area contributed by atoms with Gasteiger partial charge in [0.2, 0.25) is 0 Å². The molecular formula is C28H48N4O4Si2. The number of carbonyl (C=O) groups excluding carboxylic acids is 1. The monoisotopic (exact) mass is 560 g/mol. The highest BCUT2D eigenvalue weighted by atomic mass is 28.3. The van der Waals surface area contributed by atoms with Gasteiger partial charge in [0.25, 0.3) is 0 Å². The minimum atomic E-state index is -1.18. The van der Waals surface area contributed by atoms with E-state index in [4.69, 9.17) is 19.2 Å². The van der Waals surface area contributed by atoms with Gasteiger partial charge in [-0.15, -0.1) is 0 Å². The lowest BCUT2D eigenvalue weighted by Crippen LogP contribution is -2.33. The fraction of sp³-hybridized carbons (Fsp3) is 0.679. The number of carbonyl (C=O) groups is 1. The molecular weight excluding hydrogens is 513 g/mol. The maximum atomic E-state index is 11.9. The Bertz CT molecular complexity index is 1040. The van der Waals surface area contributed by atoms with Crippen molar-refractivity contribution in [3.05, 3.63) is 35.7 Å². The molecule has 0 saturated heterocycles. The highest BCUT2D eigenvalue weighted by molar-refractivity contribution is 6.76. The smallest absolute Gasteiger partial charge is 0.330 e. The molecule has 2 aromatic rings. The molecule has 8 nitrogen and oxygen atoms in total. The maximum absolute atomic E-state index is 11.9. The van der Waals surface area contributed by atoms with Crippen LogP contribution in [0.5, 0.6) is 0 Å². The van der Waals surface area contributed by atoms with E-state index >= 15 is 0 Å². The van der Waals surface area contributed by atoms with Crippen LogP contribution in [0, 0.1) is 0 Å². The van der Waals surface area contributed by atoms with Crippen LogP contribution in [0.1, 0.15) is 44.2 Å². The molecule has 38 heavy (non-hydrogen) atoms. The zero-order chi connectivity index (χ0) is 27.8. The Balaban J connectivity index is 1.77. The number of hydrogen-bond donors (Lipinski definition) is 0. The van der Waals surface area contributed by atoms with Crippen LogP contribution in [0.25, 0.3) is 5.65 Å². The normalized spacial score (nSPS) is 16.6. The number of ether oxygens (including phenoxy) is 3. The predicted molar refractivity (Wildman–Crippen MR) is 159 cm³/mol. The summed E-state index contributed by atoms with van der Waals surface area (Å²) in [5, 5.41) is 4.58. The summed E-state index contributed by atoms with van der Waals surface area (Å²) in [5.41, 5.74) is 3.07.